The van der Waals surface area contributed by atoms with Gasteiger partial charge in [-0.25, -0.2) is 13.2 Å². The van der Waals surface area contributed by atoms with E-state index in [-0.39, 0.29) is 25.5 Å². The van der Waals surface area contributed by atoms with E-state index in [4.69, 9.17) is 5.73 Å². The topological polar surface area (TPSA) is 89.7 Å². The lowest BCUT2D eigenvalue weighted by atomic mass is 10.1. The number of piperidine rings is 1. The predicted octanol–water partition coefficient (Wildman–Crippen LogP) is 2.42. The van der Waals surface area contributed by atoms with E-state index < -0.39 is 44.2 Å². The van der Waals surface area contributed by atoms with Gasteiger partial charge in [-0.15, -0.1) is 12.4 Å². The summed E-state index contributed by atoms with van der Waals surface area (Å²) in [7, 11) is -3.20. The Balaban J connectivity index is 0.00000338. The molecule has 26 heavy (non-hydrogen) atoms. The fraction of sp³-hybridized carbons (Fsp3) is 0.533. The first-order valence-corrected chi connectivity index (χ1v) is 9.08. The number of benzene rings is 1. The first-order valence-electron chi connectivity index (χ1n) is 7.64. The van der Waals surface area contributed by atoms with Gasteiger partial charge in [-0.1, -0.05) is 6.42 Å². The molecule has 148 valence electrons. The summed E-state index contributed by atoms with van der Waals surface area (Å²) >= 11 is 0. The van der Waals surface area contributed by atoms with Crippen LogP contribution in [-0.4, -0.2) is 44.9 Å². The molecule has 11 heteroatoms. The van der Waals surface area contributed by atoms with Crippen molar-refractivity contribution in [2.24, 2.45) is 5.73 Å². The molecule has 0 radical (unpaired) electrons. The van der Waals surface area contributed by atoms with Crippen LogP contribution in [0.1, 0.15) is 35.2 Å². The Kier molecular flexibility index (Phi) is 7.46. The highest BCUT2D eigenvalue weighted by molar-refractivity contribution is 7.89. The standard InChI is InChI=1S/C15H19F3N2O4S.ClH/c1-24-14(21)12-6-5-11(8-13(12)15(16,17)18)25(22,23)20-7-3-2-4-10(20)9-19;/h5-6,8,10H,2-4,7,9,19H2,1H3;1H. The van der Waals surface area contributed by atoms with Crippen LogP contribution in [0.2, 0.25) is 0 Å². The van der Waals surface area contributed by atoms with Gasteiger partial charge in [0.2, 0.25) is 10.0 Å². The van der Waals surface area contributed by atoms with Gasteiger partial charge in [0.25, 0.3) is 0 Å². The first-order chi connectivity index (χ1) is 11.6. The summed E-state index contributed by atoms with van der Waals surface area (Å²) in [5.74, 6) is -1.19. The minimum atomic E-state index is -4.90. The maximum Gasteiger partial charge on any atom is 0.417 e. The quantitative estimate of drug-likeness (QED) is 0.761. The molecule has 6 nitrogen and oxygen atoms in total. The van der Waals surface area contributed by atoms with Crippen molar-refractivity contribution in [3.8, 4) is 0 Å². The average Bonchev–Trinajstić information content (AvgIpc) is 2.59. The van der Waals surface area contributed by atoms with Gasteiger partial charge >= 0.3 is 12.1 Å². The van der Waals surface area contributed by atoms with Gasteiger partial charge in [-0.2, -0.15) is 17.5 Å². The van der Waals surface area contributed by atoms with Crippen LogP contribution in [0, 0.1) is 0 Å². The highest BCUT2D eigenvalue weighted by atomic mass is 35.5. The number of rotatable bonds is 4. The number of nitrogens with zero attached hydrogens (tertiary/aromatic N) is 1. The summed E-state index contributed by atoms with van der Waals surface area (Å²) in [6.07, 6.45) is -2.92. The van der Waals surface area contributed by atoms with Crippen LogP contribution in [0.3, 0.4) is 0 Å². The van der Waals surface area contributed by atoms with E-state index in [0.717, 1.165) is 30.0 Å². The summed E-state index contributed by atoms with van der Waals surface area (Å²) in [5.41, 5.74) is 3.52. The van der Waals surface area contributed by atoms with Crippen LogP contribution >= 0.6 is 12.4 Å². The number of alkyl halides is 3. The highest BCUT2D eigenvalue weighted by Crippen LogP contribution is 2.35. The zero-order chi connectivity index (χ0) is 18.8. The molecule has 0 spiro atoms. The number of esters is 1. The Morgan fingerprint density at radius 3 is 2.54 bits per heavy atom. The molecule has 1 fully saturated rings. The van der Waals surface area contributed by atoms with Crippen molar-refractivity contribution in [3.63, 3.8) is 0 Å². The van der Waals surface area contributed by atoms with Gasteiger partial charge in [-0.3, -0.25) is 0 Å². The molecule has 1 unspecified atom stereocenters. The van der Waals surface area contributed by atoms with Gasteiger partial charge in [0.15, 0.2) is 0 Å². The molecule has 1 aliphatic rings. The van der Waals surface area contributed by atoms with Crippen molar-refractivity contribution in [3.05, 3.63) is 29.3 Å². The van der Waals surface area contributed by atoms with Gasteiger partial charge in [0.05, 0.1) is 23.1 Å². The van der Waals surface area contributed by atoms with E-state index in [0.29, 0.717) is 18.9 Å². The number of ether oxygens (including phenoxy) is 1. The van der Waals surface area contributed by atoms with E-state index in [1.165, 1.54) is 0 Å². The molecule has 1 aromatic carbocycles. The Morgan fingerprint density at radius 1 is 1.35 bits per heavy atom. The highest BCUT2D eigenvalue weighted by Gasteiger charge is 2.39. The Labute approximate surface area is 155 Å². The number of hydrogen-bond donors (Lipinski definition) is 1. The average molecular weight is 417 g/mol. The Hall–Kier alpha value is -1.36. The van der Waals surface area contributed by atoms with Crippen molar-refractivity contribution in [1.82, 2.24) is 4.31 Å². The number of methoxy groups -OCH3 is 1. The molecule has 2 rings (SSSR count). The molecule has 0 aliphatic carbocycles. The fourth-order valence-corrected chi connectivity index (χ4v) is 4.60. The van der Waals surface area contributed by atoms with E-state index in [9.17, 15) is 26.4 Å². The minimum absolute atomic E-state index is 0. The van der Waals surface area contributed by atoms with Crippen LogP contribution in [0.4, 0.5) is 13.2 Å². The Morgan fingerprint density at radius 2 is 2.00 bits per heavy atom. The van der Waals surface area contributed by atoms with Crippen LogP contribution in [0.5, 0.6) is 0 Å². The molecular formula is C15H20ClF3N2O4S. The lowest BCUT2D eigenvalue weighted by Gasteiger charge is -2.34. The molecule has 2 N–H and O–H groups in total. The molecule has 1 saturated heterocycles. The zero-order valence-corrected chi connectivity index (χ0v) is 15.6. The van der Waals surface area contributed by atoms with E-state index in [1.54, 1.807) is 0 Å². The number of nitrogens with two attached hydrogens (primary N) is 1. The lowest BCUT2D eigenvalue weighted by molar-refractivity contribution is -0.138. The third-order valence-corrected chi connectivity index (χ3v) is 6.10. The first kappa shape index (κ1) is 22.7. The molecule has 1 aliphatic heterocycles. The lowest BCUT2D eigenvalue weighted by Crippen LogP contribution is -2.47. The number of halogens is 4. The largest absolute Gasteiger partial charge is 0.465 e. The summed E-state index contributed by atoms with van der Waals surface area (Å²) in [6.45, 7) is 0.288. The molecule has 0 aromatic heterocycles. The normalized spacial score (nSPS) is 18.9. The van der Waals surface area contributed by atoms with Gasteiger partial charge < -0.3 is 10.5 Å². The summed E-state index contributed by atoms with van der Waals surface area (Å²) in [5, 5.41) is 0. The molecule has 0 amide bonds. The minimum Gasteiger partial charge on any atom is -0.465 e. The zero-order valence-electron chi connectivity index (χ0n) is 14.0. The third kappa shape index (κ3) is 4.48. The van der Waals surface area contributed by atoms with E-state index in [2.05, 4.69) is 4.74 Å². The van der Waals surface area contributed by atoms with Crippen LogP contribution < -0.4 is 5.73 Å². The molecular weight excluding hydrogens is 397 g/mol. The fourth-order valence-electron chi connectivity index (χ4n) is 2.87. The number of carbonyl (C=O) groups excluding carboxylic acids is 1. The SMILES string of the molecule is COC(=O)c1ccc(S(=O)(=O)N2CCCCC2CN)cc1C(F)(F)F.Cl. The second kappa shape index (κ2) is 8.55. The second-order valence-corrected chi connectivity index (χ2v) is 7.59. The maximum absolute atomic E-state index is 13.3. The maximum atomic E-state index is 13.3. The van der Waals surface area contributed by atoms with E-state index in [1.807, 2.05) is 0 Å². The second-order valence-electron chi connectivity index (χ2n) is 5.70. The monoisotopic (exact) mass is 416 g/mol. The predicted molar refractivity (Wildman–Crippen MR) is 90.6 cm³/mol. The van der Waals surface area contributed by atoms with Gasteiger partial charge in [0.1, 0.15) is 0 Å². The van der Waals surface area contributed by atoms with Crippen LogP contribution in [0.25, 0.3) is 0 Å². The third-order valence-electron chi connectivity index (χ3n) is 4.15. The van der Waals surface area contributed by atoms with E-state index >= 15 is 0 Å². The summed E-state index contributed by atoms with van der Waals surface area (Å²) in [4.78, 5) is 11.0. The molecule has 1 heterocycles. The van der Waals surface area contributed by atoms with Crippen LogP contribution in [0.15, 0.2) is 23.1 Å². The van der Waals surface area contributed by atoms with Crippen molar-refractivity contribution < 1.29 is 31.1 Å². The van der Waals surface area contributed by atoms with Crippen molar-refractivity contribution >= 4 is 28.4 Å². The summed E-state index contributed by atoms with van der Waals surface area (Å²) < 4.78 is 70.8. The van der Waals surface area contributed by atoms with Gasteiger partial charge in [-0.05, 0) is 31.0 Å². The summed E-state index contributed by atoms with van der Waals surface area (Å²) in [6, 6.07) is 1.83. The molecule has 0 bridgehead atoms. The van der Waals surface area contributed by atoms with Crippen molar-refractivity contribution in [2.75, 3.05) is 20.2 Å². The smallest absolute Gasteiger partial charge is 0.417 e. The Bertz CT molecular complexity index is 756. The number of carbonyl (C=O) groups is 1. The number of sulfonamides is 1. The molecule has 1 aromatic rings. The number of hydrogen-bond acceptors (Lipinski definition) is 5. The van der Waals surface area contributed by atoms with Crippen LogP contribution in [-0.2, 0) is 20.9 Å². The molecule has 0 saturated carbocycles. The molecule has 1 atom stereocenters. The van der Waals surface area contributed by atoms with Crippen molar-refractivity contribution in [1.29, 1.82) is 0 Å². The van der Waals surface area contributed by atoms with Gasteiger partial charge in [0, 0.05) is 19.1 Å². The van der Waals surface area contributed by atoms with Crippen molar-refractivity contribution in [2.45, 2.75) is 36.4 Å².